The number of hydrogen-bond acceptors (Lipinski definition) is 4. The first-order chi connectivity index (χ1) is 9.94. The van der Waals surface area contributed by atoms with Gasteiger partial charge in [0.15, 0.2) is 0 Å². The van der Waals surface area contributed by atoms with Gasteiger partial charge in [0.25, 0.3) is 0 Å². The molecule has 0 radical (unpaired) electrons. The van der Waals surface area contributed by atoms with Crippen LogP contribution in [0.5, 0.6) is 0 Å². The monoisotopic (exact) mass is 316 g/mol. The van der Waals surface area contributed by atoms with Crippen molar-refractivity contribution < 1.29 is 19.0 Å². The van der Waals surface area contributed by atoms with Crippen LogP contribution in [0.15, 0.2) is 18.2 Å². The minimum absolute atomic E-state index is 0.0301. The molecular formula is C14H18ClFN2O3. The van der Waals surface area contributed by atoms with Crippen LogP contribution in [0, 0.1) is 5.82 Å². The Kier molecular flexibility index (Phi) is 5.16. The van der Waals surface area contributed by atoms with Gasteiger partial charge in [0.1, 0.15) is 11.9 Å². The first kappa shape index (κ1) is 16.2. The summed E-state index contributed by atoms with van der Waals surface area (Å²) in [5.41, 5.74) is 4.98. The third-order valence-electron chi connectivity index (χ3n) is 3.63. The van der Waals surface area contributed by atoms with E-state index in [9.17, 15) is 14.3 Å². The predicted octanol–water partition coefficient (Wildman–Crippen LogP) is 1.14. The summed E-state index contributed by atoms with van der Waals surface area (Å²) in [4.78, 5) is 12.1. The van der Waals surface area contributed by atoms with E-state index < -0.39 is 17.5 Å². The summed E-state index contributed by atoms with van der Waals surface area (Å²) < 4.78 is 18.8. The fraction of sp³-hybridized carbons (Fsp3) is 0.500. The van der Waals surface area contributed by atoms with E-state index in [1.54, 1.807) is 0 Å². The van der Waals surface area contributed by atoms with Crippen molar-refractivity contribution in [2.45, 2.75) is 24.5 Å². The molecule has 0 spiro atoms. The molecule has 1 atom stereocenters. The molecule has 1 aromatic carbocycles. The predicted molar refractivity (Wildman–Crippen MR) is 76.4 cm³/mol. The summed E-state index contributed by atoms with van der Waals surface area (Å²) in [5, 5.41) is 12.7. The summed E-state index contributed by atoms with van der Waals surface area (Å²) >= 11 is 5.86. The third kappa shape index (κ3) is 3.71. The average Bonchev–Trinajstić information content (AvgIpc) is 2.45. The molecule has 1 aliphatic rings. The van der Waals surface area contributed by atoms with Crippen LogP contribution < -0.4 is 11.1 Å². The lowest BCUT2D eigenvalue weighted by Gasteiger charge is -2.32. The van der Waals surface area contributed by atoms with Crippen LogP contribution >= 0.6 is 11.6 Å². The Morgan fingerprint density at radius 2 is 2.19 bits per heavy atom. The normalized spacial score (nSPS) is 19.0. The maximum absolute atomic E-state index is 13.7. The van der Waals surface area contributed by atoms with Gasteiger partial charge in [-0.1, -0.05) is 17.7 Å². The Morgan fingerprint density at radius 1 is 1.52 bits per heavy atom. The zero-order valence-corrected chi connectivity index (χ0v) is 12.2. The minimum Gasteiger partial charge on any atom is -0.386 e. The van der Waals surface area contributed by atoms with Gasteiger partial charge < -0.3 is 20.9 Å². The summed E-state index contributed by atoms with van der Waals surface area (Å²) in [6, 6.07) is 4.13. The van der Waals surface area contributed by atoms with Crippen LogP contribution in [0.2, 0.25) is 5.02 Å². The molecule has 5 nitrogen and oxygen atoms in total. The quantitative estimate of drug-likeness (QED) is 0.777. The smallest absolute Gasteiger partial charge is 0.240 e. The molecular weight excluding hydrogens is 299 g/mol. The average molecular weight is 317 g/mol. The maximum atomic E-state index is 13.7. The number of aliphatic hydroxyl groups is 1. The minimum atomic E-state index is -1.23. The van der Waals surface area contributed by atoms with Gasteiger partial charge in [-0.2, -0.15) is 0 Å². The second-order valence-corrected chi connectivity index (χ2v) is 5.54. The second-order valence-electron chi connectivity index (χ2n) is 5.13. The maximum Gasteiger partial charge on any atom is 0.240 e. The van der Waals surface area contributed by atoms with E-state index in [-0.39, 0.29) is 23.0 Å². The van der Waals surface area contributed by atoms with Gasteiger partial charge >= 0.3 is 0 Å². The van der Waals surface area contributed by atoms with Crippen molar-refractivity contribution >= 4 is 17.5 Å². The van der Waals surface area contributed by atoms with Gasteiger partial charge in [0.2, 0.25) is 5.91 Å². The molecule has 1 unspecified atom stereocenters. The number of hydrogen-bond donors (Lipinski definition) is 3. The molecule has 21 heavy (non-hydrogen) atoms. The first-order valence-electron chi connectivity index (χ1n) is 6.71. The van der Waals surface area contributed by atoms with Gasteiger partial charge in [0.05, 0.1) is 5.54 Å². The Bertz CT molecular complexity index is 501. The summed E-state index contributed by atoms with van der Waals surface area (Å²) in [7, 11) is 0. The number of carbonyl (C=O) groups is 1. The zero-order valence-electron chi connectivity index (χ0n) is 11.4. The van der Waals surface area contributed by atoms with Crippen LogP contribution in [-0.4, -0.2) is 36.3 Å². The van der Waals surface area contributed by atoms with Crippen molar-refractivity contribution in [3.63, 3.8) is 0 Å². The van der Waals surface area contributed by atoms with E-state index in [4.69, 9.17) is 22.1 Å². The number of benzene rings is 1. The van der Waals surface area contributed by atoms with E-state index in [1.807, 2.05) is 0 Å². The molecule has 1 fully saturated rings. The number of rotatable bonds is 4. The lowest BCUT2D eigenvalue weighted by molar-refractivity contribution is -0.130. The number of carbonyl (C=O) groups excluding carboxylic acids is 1. The number of aliphatic hydroxyl groups excluding tert-OH is 1. The lowest BCUT2D eigenvalue weighted by Crippen LogP contribution is -2.57. The number of ether oxygens (including phenoxy) is 1. The molecule has 1 aliphatic heterocycles. The van der Waals surface area contributed by atoms with Crippen LogP contribution in [0.3, 0.4) is 0 Å². The zero-order chi connectivity index (χ0) is 15.5. The van der Waals surface area contributed by atoms with E-state index in [2.05, 4.69) is 5.32 Å². The summed E-state index contributed by atoms with van der Waals surface area (Å²) in [6.07, 6.45) is -0.406. The van der Waals surface area contributed by atoms with Crippen molar-refractivity contribution in [1.82, 2.24) is 5.32 Å². The van der Waals surface area contributed by atoms with E-state index in [1.165, 1.54) is 18.2 Å². The van der Waals surface area contributed by atoms with Crippen molar-refractivity contribution in [2.75, 3.05) is 19.8 Å². The van der Waals surface area contributed by atoms with Crippen molar-refractivity contribution in [3.05, 3.63) is 34.6 Å². The molecule has 0 bridgehead atoms. The van der Waals surface area contributed by atoms with Crippen LogP contribution in [0.4, 0.5) is 4.39 Å². The Balaban J connectivity index is 1.97. The van der Waals surface area contributed by atoms with Gasteiger partial charge in [-0.25, -0.2) is 4.39 Å². The molecule has 1 amide bonds. The van der Waals surface area contributed by atoms with Crippen LogP contribution in [0.25, 0.3) is 0 Å². The fourth-order valence-corrected chi connectivity index (χ4v) is 2.55. The van der Waals surface area contributed by atoms with Gasteiger partial charge in [-0.3, -0.25) is 4.79 Å². The highest BCUT2D eigenvalue weighted by molar-refractivity contribution is 6.31. The van der Waals surface area contributed by atoms with Crippen LogP contribution in [-0.2, 0) is 9.53 Å². The molecule has 116 valence electrons. The molecule has 0 saturated carbocycles. The summed E-state index contributed by atoms with van der Waals surface area (Å²) in [5.74, 6) is -0.991. The largest absolute Gasteiger partial charge is 0.386 e. The fourth-order valence-electron chi connectivity index (χ4n) is 2.26. The van der Waals surface area contributed by atoms with E-state index in [0.29, 0.717) is 26.1 Å². The van der Waals surface area contributed by atoms with Crippen molar-refractivity contribution in [3.8, 4) is 0 Å². The second kappa shape index (κ2) is 6.70. The highest BCUT2D eigenvalue weighted by Gasteiger charge is 2.36. The van der Waals surface area contributed by atoms with E-state index >= 15 is 0 Å². The van der Waals surface area contributed by atoms with Crippen molar-refractivity contribution in [1.29, 1.82) is 0 Å². The molecule has 0 aliphatic carbocycles. The molecule has 7 heteroatoms. The molecule has 1 saturated heterocycles. The SMILES string of the molecule is NC1(C(=O)NCC(O)c2c(F)cccc2Cl)CCOCC1. The Hall–Kier alpha value is -1.21. The van der Waals surface area contributed by atoms with Gasteiger partial charge in [0, 0.05) is 30.3 Å². The highest BCUT2D eigenvalue weighted by atomic mass is 35.5. The summed E-state index contributed by atoms with van der Waals surface area (Å²) in [6.45, 7) is 0.691. The first-order valence-corrected chi connectivity index (χ1v) is 7.09. The van der Waals surface area contributed by atoms with Gasteiger partial charge in [-0.05, 0) is 25.0 Å². The van der Waals surface area contributed by atoms with Crippen LogP contribution in [0.1, 0.15) is 24.5 Å². The van der Waals surface area contributed by atoms with E-state index in [0.717, 1.165) is 0 Å². The van der Waals surface area contributed by atoms with Crippen molar-refractivity contribution in [2.24, 2.45) is 5.73 Å². The molecule has 0 aromatic heterocycles. The molecule has 1 aromatic rings. The molecule has 1 heterocycles. The number of nitrogens with one attached hydrogen (secondary N) is 1. The Morgan fingerprint density at radius 3 is 2.81 bits per heavy atom. The Labute approximate surface area is 127 Å². The number of halogens is 2. The molecule has 2 rings (SSSR count). The highest BCUT2D eigenvalue weighted by Crippen LogP contribution is 2.25. The number of nitrogens with two attached hydrogens (primary N) is 1. The third-order valence-corrected chi connectivity index (χ3v) is 3.96. The standard InChI is InChI=1S/C14H18ClFN2O3/c15-9-2-1-3-10(16)12(9)11(19)8-18-13(20)14(17)4-6-21-7-5-14/h1-3,11,19H,4-8,17H2,(H,18,20). The number of amides is 1. The molecule has 4 N–H and O–H groups in total. The van der Waals surface area contributed by atoms with Gasteiger partial charge in [-0.15, -0.1) is 0 Å². The topological polar surface area (TPSA) is 84.6 Å². The lowest BCUT2D eigenvalue weighted by atomic mass is 9.90.